The lowest BCUT2D eigenvalue weighted by molar-refractivity contribution is 0.0949. The monoisotopic (exact) mass is 378 g/mol. The second kappa shape index (κ2) is 6.78. The fourth-order valence-electron chi connectivity index (χ4n) is 2.82. The van der Waals surface area contributed by atoms with Crippen LogP contribution in [0.3, 0.4) is 0 Å². The molecule has 1 saturated carbocycles. The van der Waals surface area contributed by atoms with Gasteiger partial charge in [0, 0.05) is 12.0 Å². The Hall–Kier alpha value is -1.89. The van der Waals surface area contributed by atoms with E-state index in [2.05, 4.69) is 22.2 Å². The molecule has 2 aromatic rings. The number of carbonyl (C=O) groups is 1. The van der Waals surface area contributed by atoms with Crippen LogP contribution in [0.1, 0.15) is 28.8 Å². The Bertz CT molecular complexity index is 894. The summed E-state index contributed by atoms with van der Waals surface area (Å²) in [6, 6.07) is 14.2. The van der Waals surface area contributed by atoms with Crippen LogP contribution >= 0.6 is 11.6 Å². The number of halogens is 1. The van der Waals surface area contributed by atoms with Crippen LogP contribution in [0.25, 0.3) is 0 Å². The maximum absolute atomic E-state index is 12.5. The normalized spacial score (nSPS) is 15.6. The average Bonchev–Trinajstić information content (AvgIpc) is 3.42. The van der Waals surface area contributed by atoms with E-state index < -0.39 is 10.0 Å². The fraction of sp³-hybridized carbons (Fsp3) is 0.278. The van der Waals surface area contributed by atoms with Crippen molar-refractivity contribution in [3.63, 3.8) is 0 Å². The first-order valence-corrected chi connectivity index (χ1v) is 9.81. The zero-order valence-corrected chi connectivity index (χ0v) is 15.3. The highest BCUT2D eigenvalue weighted by atomic mass is 35.5. The SMILES string of the molecule is CNS(=O)(=O)c1ccc(Cl)c(C(=O)NCC2(c3ccccc3)CC2)c1. The lowest BCUT2D eigenvalue weighted by atomic mass is 9.96. The summed E-state index contributed by atoms with van der Waals surface area (Å²) in [5, 5.41) is 3.12. The second-order valence-electron chi connectivity index (χ2n) is 6.18. The maximum atomic E-state index is 12.5. The molecule has 2 N–H and O–H groups in total. The molecule has 0 spiro atoms. The van der Waals surface area contributed by atoms with Crippen molar-refractivity contribution in [3.8, 4) is 0 Å². The summed E-state index contributed by atoms with van der Waals surface area (Å²) >= 11 is 6.09. The summed E-state index contributed by atoms with van der Waals surface area (Å²) in [5.74, 6) is -0.375. The number of sulfonamides is 1. The van der Waals surface area contributed by atoms with Crippen LogP contribution in [-0.4, -0.2) is 27.9 Å². The van der Waals surface area contributed by atoms with E-state index in [1.165, 1.54) is 30.8 Å². The molecule has 0 radical (unpaired) electrons. The van der Waals surface area contributed by atoms with E-state index in [4.69, 9.17) is 11.6 Å². The van der Waals surface area contributed by atoms with Crippen LogP contribution in [0.5, 0.6) is 0 Å². The van der Waals surface area contributed by atoms with E-state index in [1.54, 1.807) is 0 Å². The summed E-state index contributed by atoms with van der Waals surface area (Å²) in [6.45, 7) is 0.495. The van der Waals surface area contributed by atoms with Crippen LogP contribution < -0.4 is 10.0 Å². The third kappa shape index (κ3) is 3.71. The molecule has 1 aliphatic carbocycles. The molecule has 1 amide bonds. The summed E-state index contributed by atoms with van der Waals surface area (Å²) < 4.78 is 26.1. The van der Waals surface area contributed by atoms with Gasteiger partial charge in [0.2, 0.25) is 10.0 Å². The number of nitrogens with one attached hydrogen (secondary N) is 2. The molecule has 0 atom stereocenters. The Morgan fingerprint density at radius 1 is 1.16 bits per heavy atom. The Morgan fingerprint density at radius 3 is 2.44 bits per heavy atom. The van der Waals surface area contributed by atoms with Crippen LogP contribution in [0.15, 0.2) is 53.4 Å². The van der Waals surface area contributed by atoms with Gasteiger partial charge >= 0.3 is 0 Å². The summed E-state index contributed by atoms with van der Waals surface area (Å²) in [5.41, 5.74) is 1.33. The van der Waals surface area contributed by atoms with Crippen molar-refractivity contribution < 1.29 is 13.2 Å². The molecule has 0 aromatic heterocycles. The molecule has 132 valence electrons. The third-order valence-corrected chi connectivity index (χ3v) is 6.33. The number of amides is 1. The minimum Gasteiger partial charge on any atom is -0.351 e. The van der Waals surface area contributed by atoms with Gasteiger partial charge in [0.25, 0.3) is 5.91 Å². The fourth-order valence-corrected chi connectivity index (χ4v) is 3.78. The lowest BCUT2D eigenvalue weighted by Crippen LogP contribution is -2.32. The van der Waals surface area contributed by atoms with Crippen molar-refractivity contribution >= 4 is 27.5 Å². The summed E-state index contributed by atoms with van der Waals surface area (Å²) in [4.78, 5) is 12.5. The molecule has 2 aromatic carbocycles. The van der Waals surface area contributed by atoms with Crippen molar-refractivity contribution in [2.24, 2.45) is 0 Å². The van der Waals surface area contributed by atoms with Gasteiger partial charge in [0.1, 0.15) is 0 Å². The molecule has 0 aliphatic heterocycles. The van der Waals surface area contributed by atoms with Gasteiger partial charge in [-0.1, -0.05) is 41.9 Å². The van der Waals surface area contributed by atoms with Crippen molar-refractivity contribution in [3.05, 3.63) is 64.7 Å². The molecule has 25 heavy (non-hydrogen) atoms. The molecule has 1 fully saturated rings. The second-order valence-corrected chi connectivity index (χ2v) is 8.47. The smallest absolute Gasteiger partial charge is 0.252 e. The van der Waals surface area contributed by atoms with E-state index >= 15 is 0 Å². The van der Waals surface area contributed by atoms with Gasteiger partial charge in [0.05, 0.1) is 15.5 Å². The summed E-state index contributed by atoms with van der Waals surface area (Å²) in [6.07, 6.45) is 2.03. The van der Waals surface area contributed by atoms with Gasteiger partial charge in [0.15, 0.2) is 0 Å². The van der Waals surface area contributed by atoms with Gasteiger partial charge in [-0.2, -0.15) is 0 Å². The third-order valence-electron chi connectivity index (χ3n) is 4.59. The minimum absolute atomic E-state index is 0.00810. The van der Waals surface area contributed by atoms with E-state index in [0.29, 0.717) is 6.54 Å². The van der Waals surface area contributed by atoms with Crippen molar-refractivity contribution in [2.75, 3.05) is 13.6 Å². The van der Waals surface area contributed by atoms with Gasteiger partial charge in [-0.25, -0.2) is 13.1 Å². The van der Waals surface area contributed by atoms with Crippen molar-refractivity contribution in [2.45, 2.75) is 23.2 Å². The number of rotatable bonds is 6. The first-order valence-electron chi connectivity index (χ1n) is 7.95. The molecule has 0 unspecified atom stereocenters. The van der Waals surface area contributed by atoms with Crippen molar-refractivity contribution in [1.29, 1.82) is 0 Å². The van der Waals surface area contributed by atoms with Gasteiger partial charge in [-0.3, -0.25) is 4.79 Å². The highest BCUT2D eigenvalue weighted by Gasteiger charge is 2.44. The van der Waals surface area contributed by atoms with E-state index in [1.807, 2.05) is 18.2 Å². The molecule has 1 aliphatic rings. The Kier molecular flexibility index (Phi) is 4.86. The molecular weight excluding hydrogens is 360 g/mol. The standard InChI is InChI=1S/C18H19ClN2O3S/c1-20-25(23,24)14-7-8-16(19)15(11-14)17(22)21-12-18(9-10-18)13-5-3-2-4-6-13/h2-8,11,20H,9-10,12H2,1H3,(H,21,22). The van der Waals surface area contributed by atoms with Crippen LogP contribution in [-0.2, 0) is 15.4 Å². The van der Waals surface area contributed by atoms with Crippen LogP contribution in [0, 0.1) is 0 Å². The first-order chi connectivity index (χ1) is 11.9. The topological polar surface area (TPSA) is 75.3 Å². The quantitative estimate of drug-likeness (QED) is 0.811. The molecule has 7 heteroatoms. The predicted molar refractivity (Wildman–Crippen MR) is 97.4 cm³/mol. The molecule has 3 rings (SSSR count). The number of carbonyl (C=O) groups excluding carboxylic acids is 1. The highest BCUT2D eigenvalue weighted by Crippen LogP contribution is 2.47. The molecule has 0 saturated heterocycles. The molecular formula is C18H19ClN2O3S. The average molecular weight is 379 g/mol. The molecule has 0 heterocycles. The zero-order chi connectivity index (χ0) is 18.1. The van der Waals surface area contributed by atoms with E-state index in [0.717, 1.165) is 12.8 Å². The zero-order valence-electron chi connectivity index (χ0n) is 13.8. The van der Waals surface area contributed by atoms with Gasteiger partial charge in [-0.05, 0) is 43.7 Å². The van der Waals surface area contributed by atoms with Gasteiger partial charge in [-0.15, -0.1) is 0 Å². The van der Waals surface area contributed by atoms with E-state index in [9.17, 15) is 13.2 Å². The minimum atomic E-state index is -3.63. The maximum Gasteiger partial charge on any atom is 0.252 e. The van der Waals surface area contributed by atoms with Crippen LogP contribution in [0.2, 0.25) is 5.02 Å². The number of benzene rings is 2. The highest BCUT2D eigenvalue weighted by molar-refractivity contribution is 7.89. The van der Waals surface area contributed by atoms with Crippen molar-refractivity contribution in [1.82, 2.24) is 10.0 Å². The lowest BCUT2D eigenvalue weighted by Gasteiger charge is -2.17. The Balaban J connectivity index is 1.77. The number of hydrogen-bond acceptors (Lipinski definition) is 3. The molecule has 0 bridgehead atoms. The predicted octanol–water partition coefficient (Wildman–Crippen LogP) is 2.71. The number of hydrogen-bond donors (Lipinski definition) is 2. The van der Waals surface area contributed by atoms with Gasteiger partial charge < -0.3 is 5.32 Å². The van der Waals surface area contributed by atoms with Crippen LogP contribution in [0.4, 0.5) is 0 Å². The molecule has 5 nitrogen and oxygen atoms in total. The first kappa shape index (κ1) is 17.9. The largest absolute Gasteiger partial charge is 0.351 e. The van der Waals surface area contributed by atoms with E-state index in [-0.39, 0.29) is 26.8 Å². The Morgan fingerprint density at radius 2 is 1.84 bits per heavy atom. The summed E-state index contributed by atoms with van der Waals surface area (Å²) in [7, 11) is -2.31. The Labute approximate surface area is 152 Å².